The van der Waals surface area contributed by atoms with E-state index in [-0.39, 0.29) is 63.0 Å². The van der Waals surface area contributed by atoms with Gasteiger partial charge in [-0.25, -0.2) is 24.0 Å². The van der Waals surface area contributed by atoms with E-state index in [2.05, 4.69) is 53.8 Å². The van der Waals surface area contributed by atoms with Gasteiger partial charge in [0.2, 0.25) is 17.8 Å². The number of unbranched alkanes of at least 4 members (excludes halogenated alkanes) is 3. The number of carbonyl (C=O) groups is 7. The molecule has 2 aromatic heterocycles. The Bertz CT molecular complexity index is 2670. The Morgan fingerprint density at radius 1 is 0.612 bits per heavy atom. The largest absolute Gasteiger partial charge is 0.444 e. The summed E-state index contributed by atoms with van der Waals surface area (Å²) in [6, 6.07) is 4.77. The van der Waals surface area contributed by atoms with E-state index < -0.39 is 76.4 Å². The number of nitrogens with zero attached hydrogens (tertiary/aromatic N) is 5. The van der Waals surface area contributed by atoms with E-state index in [4.69, 9.17) is 24.7 Å². The fraction of sp³-hybridized carbons (Fsp3) is 0.695. The minimum atomic E-state index is -1.01. The van der Waals surface area contributed by atoms with Crippen LogP contribution in [0.15, 0.2) is 29.1 Å². The number of carbonyl (C=O) groups excluding carboxylic acids is 7. The lowest BCUT2D eigenvalue weighted by Crippen LogP contribution is -2.50. The number of nitrogen functional groups attached to an aromatic ring is 1. The molecule has 85 heavy (non-hydrogen) atoms. The molecule has 478 valence electrons. The van der Waals surface area contributed by atoms with E-state index in [0.717, 1.165) is 25.0 Å². The molecular weight excluding hydrogens is 1110 g/mol. The summed E-state index contributed by atoms with van der Waals surface area (Å²) in [4.78, 5) is 121. The zero-order valence-electron chi connectivity index (χ0n) is 52.9. The summed E-state index contributed by atoms with van der Waals surface area (Å²) in [5.41, 5.74) is 4.42. The molecule has 2 heterocycles. The van der Waals surface area contributed by atoms with Crippen LogP contribution >= 0.6 is 11.8 Å². The van der Waals surface area contributed by atoms with Gasteiger partial charge in [0.05, 0.1) is 6.54 Å². The molecule has 25 nitrogen and oxygen atoms in total. The normalized spacial score (nSPS) is 12.5. The molecule has 0 unspecified atom stereocenters. The summed E-state index contributed by atoms with van der Waals surface area (Å²) in [7, 11) is 0. The molecule has 9 N–H and O–H groups in total. The van der Waals surface area contributed by atoms with Crippen LogP contribution < -0.4 is 43.3 Å². The van der Waals surface area contributed by atoms with Gasteiger partial charge >= 0.3 is 30.1 Å². The van der Waals surface area contributed by atoms with E-state index >= 15 is 0 Å². The molecule has 3 rings (SSSR count). The van der Waals surface area contributed by atoms with Gasteiger partial charge in [-0.1, -0.05) is 32.4 Å². The van der Waals surface area contributed by atoms with Gasteiger partial charge in [-0.2, -0.15) is 21.7 Å². The second-order valence-corrected chi connectivity index (χ2v) is 25.9. The third-order valence-electron chi connectivity index (χ3n) is 12.1. The molecule has 0 saturated heterocycles. The Labute approximate surface area is 506 Å². The summed E-state index contributed by atoms with van der Waals surface area (Å²) < 4.78 is 23.6. The highest BCUT2D eigenvalue weighted by Gasteiger charge is 2.28. The molecule has 1 aromatic carbocycles. The fourth-order valence-corrected chi connectivity index (χ4v) is 9.05. The first-order valence-corrected chi connectivity index (χ1v) is 30.9. The molecule has 26 heteroatoms. The van der Waals surface area contributed by atoms with Gasteiger partial charge in [-0.15, -0.1) is 0 Å². The number of H-pyrrole nitrogens is 1. The van der Waals surface area contributed by atoms with Crippen molar-refractivity contribution in [1.82, 2.24) is 55.9 Å². The summed E-state index contributed by atoms with van der Waals surface area (Å²) in [6.07, 6.45) is 3.31. The van der Waals surface area contributed by atoms with Crippen LogP contribution in [0.1, 0.15) is 177 Å². The average molecular weight is 1210 g/mol. The van der Waals surface area contributed by atoms with Gasteiger partial charge in [0.15, 0.2) is 11.5 Å². The Kier molecular flexibility index (Phi) is 29.6. The van der Waals surface area contributed by atoms with E-state index in [9.17, 15) is 38.4 Å². The van der Waals surface area contributed by atoms with Gasteiger partial charge in [0.25, 0.3) is 5.91 Å². The fourth-order valence-electron chi connectivity index (χ4n) is 8.12. The highest BCUT2D eigenvalue weighted by atomic mass is 32.2. The highest BCUT2D eigenvalue weighted by Crippen LogP contribution is 2.20. The molecule has 0 aliphatic heterocycles. The van der Waals surface area contributed by atoms with Crippen molar-refractivity contribution in [3.05, 3.63) is 45.9 Å². The van der Waals surface area contributed by atoms with Crippen molar-refractivity contribution in [2.24, 2.45) is 0 Å². The second-order valence-electron chi connectivity index (χ2n) is 24.8. The van der Waals surface area contributed by atoms with E-state index in [1.165, 1.54) is 16.3 Å². The molecular formula is C59H99N13O12S. The van der Waals surface area contributed by atoms with Gasteiger partial charge < -0.3 is 71.4 Å². The first kappa shape index (κ1) is 72.3. The Balaban J connectivity index is 1.75. The number of benzene rings is 1. The predicted octanol–water partition coefficient (Wildman–Crippen LogP) is 8.06. The number of nitrogens with two attached hydrogens (primary N) is 1. The number of hydrogen-bond donors (Lipinski definition) is 8. The Hall–Kier alpha value is -6.99. The zero-order chi connectivity index (χ0) is 63.5. The quantitative estimate of drug-likeness (QED) is 0.0211. The summed E-state index contributed by atoms with van der Waals surface area (Å²) in [6.45, 7) is 27.8. The SMILES string of the molecule is CCCCNc1nc(N)c2[nH]c(=O)n(Cc3ccc(C(=O)N[C@@H](CCCCNC(=O)[C@H](CSCCC)NC(=O)OC(C)(C)C)C(=O)NCCCN(CCCCN(CCCNC(=O)OC(C)(C)C)C(=O)OC(C)(C)C)C(=O)OC(C)(C)C)cc3)c2n1. The maximum Gasteiger partial charge on any atom is 0.410 e. The maximum absolute atomic E-state index is 14.1. The second kappa shape index (κ2) is 34.8. The lowest BCUT2D eigenvalue weighted by atomic mass is 10.1. The van der Waals surface area contributed by atoms with Crippen LogP contribution in [0.4, 0.5) is 30.9 Å². The lowest BCUT2D eigenvalue weighted by Gasteiger charge is -2.29. The number of aromatic amines is 1. The molecule has 2 atom stereocenters. The zero-order valence-corrected chi connectivity index (χ0v) is 53.8. The van der Waals surface area contributed by atoms with E-state index in [1.54, 1.807) is 117 Å². The number of rotatable bonds is 33. The van der Waals surface area contributed by atoms with Crippen LogP contribution in [0, 0.1) is 0 Å². The lowest BCUT2D eigenvalue weighted by molar-refractivity contribution is -0.123. The molecule has 0 aliphatic carbocycles. The number of aromatic nitrogens is 4. The summed E-state index contributed by atoms with van der Waals surface area (Å²) in [5.74, 6) is 0.228. The van der Waals surface area contributed by atoms with Gasteiger partial charge in [0, 0.05) is 63.7 Å². The van der Waals surface area contributed by atoms with Crippen molar-refractivity contribution >= 4 is 76.8 Å². The topological polar surface area (TPSA) is 325 Å². The van der Waals surface area contributed by atoms with Crippen LogP contribution in [0.3, 0.4) is 0 Å². The van der Waals surface area contributed by atoms with Crippen LogP contribution in [0.25, 0.3) is 11.2 Å². The number of alkyl carbamates (subject to hydrolysis) is 2. The molecule has 0 fully saturated rings. The molecule has 0 saturated carbocycles. The third kappa shape index (κ3) is 29.1. The maximum atomic E-state index is 14.1. The average Bonchev–Trinajstić information content (AvgIpc) is 2.27. The van der Waals surface area contributed by atoms with Crippen LogP contribution in [0.2, 0.25) is 0 Å². The number of nitrogens with one attached hydrogen (secondary N) is 7. The van der Waals surface area contributed by atoms with Gasteiger partial charge in [-0.3, -0.25) is 19.0 Å². The van der Waals surface area contributed by atoms with Crippen molar-refractivity contribution in [3.8, 4) is 0 Å². The predicted molar refractivity (Wildman–Crippen MR) is 332 cm³/mol. The number of amides is 7. The van der Waals surface area contributed by atoms with Crippen molar-refractivity contribution < 1.29 is 52.5 Å². The third-order valence-corrected chi connectivity index (χ3v) is 13.4. The molecule has 3 aromatic rings. The number of imidazole rings is 1. The number of fused-ring (bicyclic) bond motifs is 1. The standard InChI is InChI=1S/C59H99N13O12S/c1-15-17-29-63-50-68-45(60)44-46(69-50)72(51(76)67-44)38-40-25-27-41(28-26-40)47(73)65-42(24-18-19-30-61-49(75)43(39-85-37-16-2)66-53(78)82-57(6,7)8)48(74)62-31-22-35-70(54(79)83-58(9,10)11)33-20-21-34-71(55(80)84-59(12,13)14)36-23-32-64-52(77)81-56(3,4)5/h25-28,42-43H,15-24,29-39H2,1-14H3,(H,61,75)(H,62,74)(H,64,77)(H,65,73)(H,66,78)(H,67,76)(H3,60,63,68,69)/t42-,43-/m0/s1. The number of anilines is 2. The molecule has 0 aliphatic rings. The Morgan fingerprint density at radius 3 is 1.67 bits per heavy atom. The van der Waals surface area contributed by atoms with Crippen molar-refractivity contribution in [3.63, 3.8) is 0 Å². The number of ether oxygens (including phenoxy) is 4. The van der Waals surface area contributed by atoms with Crippen LogP contribution in [0.5, 0.6) is 0 Å². The van der Waals surface area contributed by atoms with Gasteiger partial charge in [0.1, 0.15) is 40.0 Å². The first-order chi connectivity index (χ1) is 39.8. The van der Waals surface area contributed by atoms with Crippen molar-refractivity contribution in [2.75, 3.05) is 74.9 Å². The van der Waals surface area contributed by atoms with E-state index in [0.29, 0.717) is 86.6 Å². The van der Waals surface area contributed by atoms with Gasteiger partial charge in [-0.05, 0) is 164 Å². The molecule has 0 spiro atoms. The number of hydrogen-bond acceptors (Lipinski definition) is 17. The number of thioether (sulfide) groups is 1. The molecule has 0 radical (unpaired) electrons. The minimum Gasteiger partial charge on any atom is -0.444 e. The van der Waals surface area contributed by atoms with Crippen molar-refractivity contribution in [2.45, 2.75) is 202 Å². The molecule has 0 bridgehead atoms. The highest BCUT2D eigenvalue weighted by molar-refractivity contribution is 7.99. The summed E-state index contributed by atoms with van der Waals surface area (Å²) >= 11 is 1.54. The molecule has 7 amide bonds. The van der Waals surface area contributed by atoms with Crippen LogP contribution in [-0.2, 0) is 35.1 Å². The van der Waals surface area contributed by atoms with E-state index in [1.807, 2.05) is 6.92 Å². The minimum absolute atomic E-state index is 0.110. The Morgan fingerprint density at radius 2 is 1.13 bits per heavy atom. The first-order valence-electron chi connectivity index (χ1n) is 29.7. The summed E-state index contributed by atoms with van der Waals surface area (Å²) in [5, 5.41) is 17.3. The van der Waals surface area contributed by atoms with Crippen LogP contribution in [-0.4, -0.2) is 170 Å². The monoisotopic (exact) mass is 1210 g/mol. The smallest absolute Gasteiger partial charge is 0.410 e. The van der Waals surface area contributed by atoms with Crippen molar-refractivity contribution in [1.29, 1.82) is 0 Å².